The van der Waals surface area contributed by atoms with Crippen LogP contribution in [-0.4, -0.2) is 48.1 Å². The van der Waals surface area contributed by atoms with Crippen LogP contribution in [0.4, 0.5) is 11.4 Å². The Morgan fingerprint density at radius 1 is 0.822 bits per heavy atom. The number of anilines is 2. The lowest BCUT2D eigenvalue weighted by Gasteiger charge is -2.36. The van der Waals surface area contributed by atoms with Crippen molar-refractivity contribution in [3.05, 3.63) is 80.6 Å². The van der Waals surface area contributed by atoms with E-state index in [9.17, 15) is 0 Å². The van der Waals surface area contributed by atoms with Gasteiger partial charge in [0, 0.05) is 62.2 Å². The van der Waals surface area contributed by atoms with Crippen LogP contribution in [0.2, 0.25) is 10.0 Å². The highest BCUT2D eigenvalue weighted by Gasteiger charge is 2.33. The predicted molar refractivity (Wildman–Crippen MR) is 194 cm³/mol. The van der Waals surface area contributed by atoms with Crippen molar-refractivity contribution < 1.29 is 0 Å². The van der Waals surface area contributed by atoms with E-state index in [4.69, 9.17) is 33.2 Å². The summed E-state index contributed by atoms with van der Waals surface area (Å²) in [6.45, 7) is 6.30. The molecule has 7 rings (SSSR count). The minimum atomic E-state index is 0. The molecule has 3 aliphatic rings. The van der Waals surface area contributed by atoms with Crippen molar-refractivity contribution in [2.24, 2.45) is 5.92 Å². The summed E-state index contributed by atoms with van der Waals surface area (Å²) in [6, 6.07) is 12.3. The van der Waals surface area contributed by atoms with Gasteiger partial charge in [-0.25, -0.2) is 0 Å². The first-order valence-corrected chi connectivity index (χ1v) is 17.2. The number of fused-ring (bicyclic) bond motifs is 7. The van der Waals surface area contributed by atoms with E-state index < -0.39 is 0 Å². The van der Waals surface area contributed by atoms with Crippen molar-refractivity contribution in [3.8, 4) is 0 Å². The fourth-order valence-corrected chi connectivity index (χ4v) is 8.25. The van der Waals surface area contributed by atoms with Gasteiger partial charge in [-0.05, 0) is 139 Å². The number of aryl methyl sites for hydroxylation is 1. The number of hydrogen-bond donors (Lipinski definition) is 2. The molecule has 2 aromatic carbocycles. The van der Waals surface area contributed by atoms with Crippen LogP contribution in [0.3, 0.4) is 0 Å². The maximum Gasteiger partial charge on any atom is 0.0741 e. The Kier molecular flexibility index (Phi) is 10.1. The molecule has 0 radical (unpaired) electrons. The fraction of sp³-hybridized carbons (Fsp3) is 0.459. The van der Waals surface area contributed by atoms with Gasteiger partial charge in [0.1, 0.15) is 0 Å². The second kappa shape index (κ2) is 14.0. The monoisotopic (exact) mass is 663 g/mol. The highest BCUT2D eigenvalue weighted by molar-refractivity contribution is 6.31. The molecule has 0 spiro atoms. The smallest absolute Gasteiger partial charge is 0.0741 e. The van der Waals surface area contributed by atoms with E-state index in [1.807, 2.05) is 24.3 Å². The van der Waals surface area contributed by atoms with Crippen molar-refractivity contribution in [1.29, 1.82) is 0 Å². The van der Waals surface area contributed by atoms with Gasteiger partial charge in [0.05, 0.1) is 11.0 Å². The van der Waals surface area contributed by atoms with Gasteiger partial charge < -0.3 is 15.5 Å². The van der Waals surface area contributed by atoms with Gasteiger partial charge in [-0.15, -0.1) is 12.4 Å². The lowest BCUT2D eigenvalue weighted by Crippen LogP contribution is -2.26. The molecule has 4 aromatic rings. The van der Waals surface area contributed by atoms with E-state index in [-0.39, 0.29) is 12.4 Å². The number of nitrogens with zero attached hydrogens (tertiary/aromatic N) is 3. The van der Waals surface area contributed by atoms with Crippen molar-refractivity contribution in [1.82, 2.24) is 14.9 Å². The predicted octanol–water partition coefficient (Wildman–Crippen LogP) is 9.62. The van der Waals surface area contributed by atoms with Gasteiger partial charge in [0.25, 0.3) is 0 Å². The molecule has 3 aliphatic carbocycles. The second-order valence-corrected chi connectivity index (χ2v) is 14.1. The molecule has 45 heavy (non-hydrogen) atoms. The second-order valence-electron chi connectivity index (χ2n) is 13.3. The molecule has 2 atom stereocenters. The Labute approximate surface area is 283 Å². The highest BCUT2D eigenvalue weighted by Crippen LogP contribution is 2.47. The van der Waals surface area contributed by atoms with Crippen LogP contribution in [0.1, 0.15) is 73.9 Å². The summed E-state index contributed by atoms with van der Waals surface area (Å²) < 4.78 is 0. The summed E-state index contributed by atoms with van der Waals surface area (Å²) in [4.78, 5) is 12.6. The molecule has 2 N–H and O–H groups in total. The van der Waals surface area contributed by atoms with E-state index in [1.165, 1.54) is 69.5 Å². The molecule has 238 valence electrons. The van der Waals surface area contributed by atoms with Crippen LogP contribution >= 0.6 is 35.6 Å². The minimum absolute atomic E-state index is 0. The first kappa shape index (κ1) is 32.4. The van der Waals surface area contributed by atoms with Gasteiger partial charge in [-0.2, -0.15) is 0 Å². The molecular formula is C37H44Cl3N5. The Bertz CT molecular complexity index is 1740. The van der Waals surface area contributed by atoms with Crippen LogP contribution in [0.5, 0.6) is 0 Å². The summed E-state index contributed by atoms with van der Waals surface area (Å²) in [5.41, 5.74) is 11.5. The quantitative estimate of drug-likeness (QED) is 0.131. The Morgan fingerprint density at radius 2 is 1.44 bits per heavy atom. The van der Waals surface area contributed by atoms with Crippen LogP contribution in [-0.2, 0) is 19.3 Å². The largest absolute Gasteiger partial charge is 0.384 e. The normalized spacial score (nSPS) is 18.7. The third kappa shape index (κ3) is 6.93. The van der Waals surface area contributed by atoms with Gasteiger partial charge in [-0.1, -0.05) is 34.9 Å². The average molecular weight is 665 g/mol. The van der Waals surface area contributed by atoms with Gasteiger partial charge >= 0.3 is 0 Å². The van der Waals surface area contributed by atoms with Crippen LogP contribution in [0.25, 0.3) is 21.8 Å². The molecule has 0 amide bonds. The summed E-state index contributed by atoms with van der Waals surface area (Å²) in [7, 11) is 2.24. The van der Waals surface area contributed by atoms with E-state index in [2.05, 4.69) is 47.7 Å². The Hall–Kier alpha value is -2.57. The number of allylic oxidation sites excluding steroid dienone is 2. The molecule has 0 fully saturated rings. The van der Waals surface area contributed by atoms with Crippen molar-refractivity contribution in [2.75, 3.05) is 43.9 Å². The van der Waals surface area contributed by atoms with E-state index in [0.29, 0.717) is 11.8 Å². The number of hydrogen-bond acceptors (Lipinski definition) is 5. The fourth-order valence-electron chi connectivity index (χ4n) is 7.91. The van der Waals surface area contributed by atoms with E-state index >= 15 is 0 Å². The van der Waals surface area contributed by atoms with Crippen LogP contribution < -0.4 is 10.6 Å². The molecule has 2 aromatic heterocycles. The summed E-state index contributed by atoms with van der Waals surface area (Å²) in [5.74, 6) is 1.17. The zero-order valence-electron chi connectivity index (χ0n) is 26.4. The standard InChI is InChI=1S/C37H43Cl2N5.ClH/c1-23-17-24-19-25(18-23)35-34(20-24)43-33-22-27(39)10-12-30(33)37(35)41-14-6-16-44(2)15-5-13-40-36-28-7-3-4-8-31(28)42-32-21-26(38)9-11-29(32)36;/h9-12,17,21-22,24-25H,3-8,13-16,18-20H2,1-2H3,(H,40,42)(H,41,43);1H. The third-order valence-corrected chi connectivity index (χ3v) is 10.3. The van der Waals surface area contributed by atoms with Gasteiger partial charge in [-0.3, -0.25) is 9.97 Å². The lowest BCUT2D eigenvalue weighted by molar-refractivity contribution is 0.331. The first-order valence-electron chi connectivity index (χ1n) is 16.5. The van der Waals surface area contributed by atoms with E-state index in [0.717, 1.165) is 85.8 Å². The molecule has 0 aliphatic heterocycles. The van der Waals surface area contributed by atoms with Gasteiger partial charge in [0.2, 0.25) is 0 Å². The maximum atomic E-state index is 6.39. The SMILES string of the molecule is CC1=CC2Cc3nc4cc(Cl)ccc4c(NCCCN(C)CCCNc4c5c(nc6cc(Cl)ccc46)CCCC5)c3C(C1)C2.Cl. The Balaban J connectivity index is 0.00000357. The van der Waals surface area contributed by atoms with Crippen LogP contribution in [0, 0.1) is 5.92 Å². The first-order chi connectivity index (χ1) is 21.4. The molecule has 2 unspecified atom stereocenters. The van der Waals surface area contributed by atoms with Crippen molar-refractivity contribution >= 4 is 68.8 Å². The number of pyridine rings is 2. The number of benzene rings is 2. The molecule has 2 heterocycles. The zero-order chi connectivity index (χ0) is 30.2. The molecule has 8 heteroatoms. The minimum Gasteiger partial charge on any atom is -0.384 e. The molecule has 0 saturated heterocycles. The third-order valence-electron chi connectivity index (χ3n) is 9.87. The van der Waals surface area contributed by atoms with Crippen molar-refractivity contribution in [3.63, 3.8) is 0 Å². The topological polar surface area (TPSA) is 53.1 Å². The Morgan fingerprint density at radius 3 is 2.16 bits per heavy atom. The van der Waals surface area contributed by atoms with Crippen LogP contribution in [0.15, 0.2) is 48.0 Å². The van der Waals surface area contributed by atoms with Gasteiger partial charge in [0.15, 0.2) is 0 Å². The molecule has 2 bridgehead atoms. The lowest BCUT2D eigenvalue weighted by atomic mass is 9.71. The summed E-state index contributed by atoms with van der Waals surface area (Å²) >= 11 is 12.7. The number of halogens is 3. The van der Waals surface area contributed by atoms with Crippen molar-refractivity contribution in [2.45, 2.75) is 70.6 Å². The highest BCUT2D eigenvalue weighted by atomic mass is 35.5. The van der Waals surface area contributed by atoms with E-state index in [1.54, 1.807) is 0 Å². The number of aromatic nitrogens is 2. The average Bonchev–Trinajstić information content (AvgIpc) is 2.99. The molecule has 5 nitrogen and oxygen atoms in total. The molecule has 0 saturated carbocycles. The zero-order valence-corrected chi connectivity index (χ0v) is 28.7. The summed E-state index contributed by atoms with van der Waals surface area (Å²) in [6.07, 6.45) is 12.7. The molecular weight excluding hydrogens is 621 g/mol. The number of nitrogens with one attached hydrogen (secondary N) is 2. The number of rotatable bonds is 10. The summed E-state index contributed by atoms with van der Waals surface area (Å²) in [5, 5.41) is 11.6. The maximum absolute atomic E-state index is 6.39.